The fourth-order valence-corrected chi connectivity index (χ4v) is 2.60. The van der Waals surface area contributed by atoms with Gasteiger partial charge < -0.3 is 16.9 Å². The summed E-state index contributed by atoms with van der Waals surface area (Å²) in [6.07, 6.45) is 4.44. The first-order valence-corrected chi connectivity index (χ1v) is 9.17. The summed E-state index contributed by atoms with van der Waals surface area (Å²) in [5.74, 6) is 5.56. The number of nitrogens with zero attached hydrogens (tertiary/aromatic N) is 5. The Hall–Kier alpha value is -3.84. The lowest BCUT2D eigenvalue weighted by molar-refractivity contribution is 0.100. The minimum Gasteiger partial charge on any atom is -0.383 e. The summed E-state index contributed by atoms with van der Waals surface area (Å²) in [7, 11) is 0. The molecule has 0 aliphatic rings. The Kier molecular flexibility index (Phi) is 5.80. The number of carbonyl (C=O) groups is 1. The van der Waals surface area contributed by atoms with Crippen LogP contribution >= 0.6 is 11.8 Å². The van der Waals surface area contributed by atoms with Gasteiger partial charge in [-0.15, -0.1) is 0 Å². The van der Waals surface area contributed by atoms with Gasteiger partial charge in [-0.2, -0.15) is 4.99 Å². The molecule has 0 aliphatic carbocycles. The molecule has 0 fully saturated rings. The Morgan fingerprint density at radius 3 is 2.72 bits per heavy atom. The summed E-state index contributed by atoms with van der Waals surface area (Å²) < 4.78 is 0. The Morgan fingerprint density at radius 1 is 1.21 bits per heavy atom. The largest absolute Gasteiger partial charge is 0.383 e. The van der Waals surface area contributed by atoms with E-state index in [1.807, 2.05) is 13.8 Å². The number of nitrogens with two attached hydrogens (primary N) is 2. The maximum Gasteiger partial charge on any atom is 0.280 e. The van der Waals surface area contributed by atoms with Crippen LogP contribution in [0.15, 0.2) is 29.6 Å². The van der Waals surface area contributed by atoms with E-state index in [0.717, 1.165) is 28.7 Å². The SMILES string of the molecule is Cc1nc2cnc(N)c(C#Cc3cncc(C(=O)N=C(N)SC=N)c3)c2nc1C. The number of nitrogens with one attached hydrogen (secondary N) is 1. The second kappa shape index (κ2) is 8.45. The van der Waals surface area contributed by atoms with E-state index >= 15 is 0 Å². The van der Waals surface area contributed by atoms with Gasteiger partial charge in [-0.05, 0) is 31.7 Å². The van der Waals surface area contributed by atoms with Crippen molar-refractivity contribution in [3.63, 3.8) is 0 Å². The lowest BCUT2D eigenvalue weighted by Gasteiger charge is -2.05. The minimum absolute atomic E-state index is 0.0275. The Bertz CT molecular complexity index is 1230. The van der Waals surface area contributed by atoms with Crippen molar-refractivity contribution in [3.05, 3.63) is 52.7 Å². The molecule has 1 amide bonds. The summed E-state index contributed by atoms with van der Waals surface area (Å²) in [5, 5.41) is 6.94. The van der Waals surface area contributed by atoms with Gasteiger partial charge >= 0.3 is 0 Å². The summed E-state index contributed by atoms with van der Waals surface area (Å²) in [6, 6.07) is 1.55. The van der Waals surface area contributed by atoms with E-state index in [4.69, 9.17) is 16.9 Å². The number of amidine groups is 1. The molecule has 10 heteroatoms. The quantitative estimate of drug-likeness (QED) is 0.331. The molecule has 0 saturated heterocycles. The number of rotatable bonds is 2. The fourth-order valence-electron chi connectivity index (χ4n) is 2.35. The van der Waals surface area contributed by atoms with Crippen molar-refractivity contribution in [2.75, 3.05) is 5.73 Å². The van der Waals surface area contributed by atoms with Crippen molar-refractivity contribution in [1.82, 2.24) is 19.9 Å². The van der Waals surface area contributed by atoms with Crippen LogP contribution in [0.3, 0.4) is 0 Å². The highest BCUT2D eigenvalue weighted by Crippen LogP contribution is 2.19. The number of aliphatic imine (C=N–C) groups is 1. The smallest absolute Gasteiger partial charge is 0.280 e. The van der Waals surface area contributed by atoms with E-state index in [1.165, 1.54) is 12.4 Å². The van der Waals surface area contributed by atoms with Crippen molar-refractivity contribution >= 4 is 45.2 Å². The number of amides is 1. The molecule has 5 N–H and O–H groups in total. The molecule has 3 heterocycles. The number of fused-ring (bicyclic) bond motifs is 1. The van der Waals surface area contributed by atoms with Crippen LogP contribution in [-0.4, -0.2) is 36.6 Å². The normalized spacial score (nSPS) is 11.0. The predicted octanol–water partition coefficient (Wildman–Crippen LogP) is 1.81. The highest BCUT2D eigenvalue weighted by atomic mass is 32.2. The highest BCUT2D eigenvalue weighted by Gasteiger charge is 2.10. The van der Waals surface area contributed by atoms with Crippen molar-refractivity contribution in [1.29, 1.82) is 5.41 Å². The summed E-state index contributed by atoms with van der Waals surface area (Å²) in [5.41, 5.74) is 16.4. The molecular formula is C19H16N8OS. The van der Waals surface area contributed by atoms with Gasteiger partial charge in [-0.25, -0.2) is 15.0 Å². The van der Waals surface area contributed by atoms with E-state index < -0.39 is 5.91 Å². The zero-order chi connectivity index (χ0) is 21.0. The van der Waals surface area contributed by atoms with E-state index in [9.17, 15) is 4.79 Å². The Balaban J connectivity index is 2.00. The number of pyridine rings is 2. The molecule has 9 nitrogen and oxygen atoms in total. The summed E-state index contributed by atoms with van der Waals surface area (Å²) in [4.78, 5) is 33.0. The van der Waals surface area contributed by atoms with Crippen molar-refractivity contribution in [2.45, 2.75) is 13.8 Å². The van der Waals surface area contributed by atoms with Crippen LogP contribution in [0.25, 0.3) is 11.0 Å². The van der Waals surface area contributed by atoms with E-state index in [-0.39, 0.29) is 16.5 Å². The van der Waals surface area contributed by atoms with Crippen molar-refractivity contribution < 1.29 is 4.79 Å². The number of thioether (sulfide) groups is 1. The number of hydrogen-bond acceptors (Lipinski definition) is 8. The van der Waals surface area contributed by atoms with Crippen LogP contribution in [0.2, 0.25) is 0 Å². The third-order valence-corrected chi connectivity index (χ3v) is 4.31. The first kappa shape index (κ1) is 19.9. The number of nitrogen functional groups attached to an aromatic ring is 1. The zero-order valence-corrected chi connectivity index (χ0v) is 16.4. The minimum atomic E-state index is -0.573. The lowest BCUT2D eigenvalue weighted by atomic mass is 10.1. The third kappa shape index (κ3) is 4.53. The molecule has 3 aromatic heterocycles. The van der Waals surface area contributed by atoms with E-state index in [2.05, 4.69) is 36.8 Å². The number of hydrogen-bond donors (Lipinski definition) is 3. The number of aryl methyl sites for hydroxylation is 2. The van der Waals surface area contributed by atoms with Gasteiger partial charge in [-0.1, -0.05) is 11.8 Å². The highest BCUT2D eigenvalue weighted by molar-refractivity contribution is 8.24. The topological polar surface area (TPSA) is 157 Å². The maximum atomic E-state index is 12.2. The van der Waals surface area contributed by atoms with Gasteiger partial charge in [0.1, 0.15) is 16.9 Å². The fraction of sp³-hybridized carbons (Fsp3) is 0.105. The van der Waals surface area contributed by atoms with Gasteiger partial charge in [0.05, 0.1) is 34.3 Å². The van der Waals surface area contributed by atoms with E-state index in [0.29, 0.717) is 22.2 Å². The first-order chi connectivity index (χ1) is 13.9. The van der Waals surface area contributed by atoms with Crippen molar-refractivity contribution in [2.24, 2.45) is 10.7 Å². The van der Waals surface area contributed by atoms with E-state index in [1.54, 1.807) is 12.3 Å². The molecule has 144 valence electrons. The van der Waals surface area contributed by atoms with Crippen LogP contribution in [0, 0.1) is 31.1 Å². The molecule has 0 unspecified atom stereocenters. The molecule has 0 aliphatic heterocycles. The number of carbonyl (C=O) groups excluding carboxylic acids is 1. The first-order valence-electron chi connectivity index (χ1n) is 8.29. The predicted molar refractivity (Wildman–Crippen MR) is 114 cm³/mol. The molecule has 0 saturated carbocycles. The van der Waals surface area contributed by atoms with Gasteiger partial charge in [0.15, 0.2) is 5.17 Å². The summed E-state index contributed by atoms with van der Waals surface area (Å²) >= 11 is 0.837. The Morgan fingerprint density at radius 2 is 1.97 bits per heavy atom. The molecule has 0 bridgehead atoms. The molecule has 3 aromatic rings. The second-order valence-corrected chi connectivity index (χ2v) is 6.74. The van der Waals surface area contributed by atoms with Crippen LogP contribution in [-0.2, 0) is 0 Å². The molecule has 0 radical (unpaired) electrons. The van der Waals surface area contributed by atoms with Crippen molar-refractivity contribution in [3.8, 4) is 11.8 Å². The van der Waals surface area contributed by atoms with Crippen LogP contribution in [0.4, 0.5) is 5.82 Å². The molecule has 3 rings (SSSR count). The summed E-state index contributed by atoms with van der Waals surface area (Å²) in [6.45, 7) is 3.73. The third-order valence-electron chi connectivity index (χ3n) is 3.86. The van der Waals surface area contributed by atoms with Crippen LogP contribution in [0.5, 0.6) is 0 Å². The van der Waals surface area contributed by atoms with Gasteiger partial charge in [-0.3, -0.25) is 9.78 Å². The Labute approximate surface area is 170 Å². The number of aromatic nitrogens is 4. The average Bonchev–Trinajstić information content (AvgIpc) is 2.69. The second-order valence-electron chi connectivity index (χ2n) is 5.85. The monoisotopic (exact) mass is 404 g/mol. The molecule has 0 aromatic carbocycles. The van der Waals surface area contributed by atoms with Crippen LogP contribution in [0.1, 0.15) is 32.9 Å². The number of anilines is 1. The van der Waals surface area contributed by atoms with Gasteiger partial charge in [0.25, 0.3) is 5.91 Å². The van der Waals surface area contributed by atoms with Gasteiger partial charge in [0.2, 0.25) is 0 Å². The standard InChI is InChI=1S/C19H16N8OS/c1-10-11(2)26-16-14(17(21)24-8-15(16)25-10)4-3-12-5-13(7-23-6-12)18(28)27-19(22)29-9-20/h5-9,20H,1-2H3,(H2,21,24)(H2,22,27,28). The molecule has 29 heavy (non-hydrogen) atoms. The average molecular weight is 404 g/mol. The lowest BCUT2D eigenvalue weighted by Crippen LogP contribution is -2.10. The van der Waals surface area contributed by atoms with Crippen LogP contribution < -0.4 is 11.5 Å². The molecular weight excluding hydrogens is 388 g/mol. The zero-order valence-electron chi connectivity index (χ0n) is 15.6. The maximum absolute atomic E-state index is 12.2. The van der Waals surface area contributed by atoms with Gasteiger partial charge in [0, 0.05) is 18.0 Å². The molecule has 0 spiro atoms. The molecule has 0 atom stereocenters.